The van der Waals surface area contributed by atoms with E-state index in [-0.39, 0.29) is 6.10 Å². The highest BCUT2D eigenvalue weighted by atomic mass is 16.3. The van der Waals surface area contributed by atoms with Crippen LogP contribution >= 0.6 is 0 Å². The first-order chi connectivity index (χ1) is 7.29. The van der Waals surface area contributed by atoms with Gasteiger partial charge in [0.25, 0.3) is 0 Å². The van der Waals surface area contributed by atoms with Gasteiger partial charge in [-0.1, -0.05) is 32.6 Å². The van der Waals surface area contributed by atoms with Crippen LogP contribution in [0.25, 0.3) is 0 Å². The molecule has 1 heteroatoms. The van der Waals surface area contributed by atoms with Crippen molar-refractivity contribution in [2.75, 3.05) is 0 Å². The first kappa shape index (κ1) is 11.4. The lowest BCUT2D eigenvalue weighted by Crippen LogP contribution is -2.33. The molecule has 1 nitrogen and oxygen atoms in total. The fraction of sp³-hybridized carbons (Fsp3) is 1.00. The Kier molecular flexibility index (Phi) is 4.07. The molecule has 4 atom stereocenters. The van der Waals surface area contributed by atoms with Crippen LogP contribution in [0.2, 0.25) is 0 Å². The molecule has 0 bridgehead atoms. The van der Waals surface area contributed by atoms with Gasteiger partial charge in [-0.2, -0.15) is 0 Å². The molecule has 0 aromatic heterocycles. The van der Waals surface area contributed by atoms with Crippen molar-refractivity contribution in [1.82, 2.24) is 0 Å². The summed E-state index contributed by atoms with van der Waals surface area (Å²) in [5, 5.41) is 9.71. The molecule has 15 heavy (non-hydrogen) atoms. The minimum Gasteiger partial charge on any atom is -0.393 e. The molecule has 0 amide bonds. The van der Waals surface area contributed by atoms with E-state index in [0.29, 0.717) is 0 Å². The number of aliphatic hydroxyl groups is 1. The average molecular weight is 210 g/mol. The SMILES string of the molecule is CCCCC1CCC2CCC(O)CC2C1. The summed E-state index contributed by atoms with van der Waals surface area (Å²) >= 11 is 0. The van der Waals surface area contributed by atoms with Gasteiger partial charge in [0.2, 0.25) is 0 Å². The summed E-state index contributed by atoms with van der Waals surface area (Å²) in [5.41, 5.74) is 0. The maximum Gasteiger partial charge on any atom is 0.0543 e. The second-order valence-electron chi connectivity index (χ2n) is 5.81. The topological polar surface area (TPSA) is 20.2 Å². The lowest BCUT2D eigenvalue weighted by atomic mass is 9.66. The third kappa shape index (κ3) is 2.96. The minimum absolute atomic E-state index is 0.0242. The van der Waals surface area contributed by atoms with Gasteiger partial charge in [-0.3, -0.25) is 0 Å². The van der Waals surface area contributed by atoms with Gasteiger partial charge in [-0.05, 0) is 49.9 Å². The molecule has 2 fully saturated rings. The summed E-state index contributed by atoms with van der Waals surface area (Å²) in [7, 11) is 0. The highest BCUT2D eigenvalue weighted by Crippen LogP contribution is 2.43. The summed E-state index contributed by atoms with van der Waals surface area (Å²) in [6.07, 6.45) is 12.0. The largest absolute Gasteiger partial charge is 0.393 e. The van der Waals surface area contributed by atoms with Gasteiger partial charge in [-0.15, -0.1) is 0 Å². The van der Waals surface area contributed by atoms with Crippen LogP contribution in [0.3, 0.4) is 0 Å². The molecule has 0 saturated heterocycles. The molecule has 0 spiro atoms. The van der Waals surface area contributed by atoms with Crippen LogP contribution in [0.15, 0.2) is 0 Å². The van der Waals surface area contributed by atoms with E-state index in [9.17, 15) is 5.11 Å². The van der Waals surface area contributed by atoms with Crippen LogP contribution < -0.4 is 0 Å². The number of aliphatic hydroxyl groups excluding tert-OH is 1. The lowest BCUT2D eigenvalue weighted by molar-refractivity contribution is 0.0332. The van der Waals surface area contributed by atoms with Crippen LogP contribution in [0, 0.1) is 17.8 Å². The quantitative estimate of drug-likeness (QED) is 0.752. The fourth-order valence-corrected chi connectivity index (χ4v) is 3.72. The average Bonchev–Trinajstić information content (AvgIpc) is 2.25. The fourth-order valence-electron chi connectivity index (χ4n) is 3.72. The van der Waals surface area contributed by atoms with E-state index >= 15 is 0 Å². The molecule has 2 rings (SSSR count). The molecule has 2 aliphatic rings. The Morgan fingerprint density at radius 1 is 1.00 bits per heavy atom. The Balaban J connectivity index is 1.80. The molecule has 0 aromatic rings. The molecule has 2 aliphatic carbocycles. The van der Waals surface area contributed by atoms with Gasteiger partial charge >= 0.3 is 0 Å². The van der Waals surface area contributed by atoms with Crippen molar-refractivity contribution in [1.29, 1.82) is 0 Å². The smallest absolute Gasteiger partial charge is 0.0543 e. The van der Waals surface area contributed by atoms with Crippen molar-refractivity contribution in [3.63, 3.8) is 0 Å². The highest BCUT2D eigenvalue weighted by Gasteiger charge is 2.34. The van der Waals surface area contributed by atoms with Crippen LogP contribution in [0.5, 0.6) is 0 Å². The standard InChI is InChI=1S/C14H26O/c1-2-3-4-11-5-6-12-7-8-14(15)10-13(12)9-11/h11-15H,2-10H2,1H3. The monoisotopic (exact) mass is 210 g/mol. The first-order valence-corrected chi connectivity index (χ1v) is 6.97. The number of hydrogen-bond donors (Lipinski definition) is 1. The van der Waals surface area contributed by atoms with E-state index in [1.165, 1.54) is 44.9 Å². The van der Waals surface area contributed by atoms with Crippen LogP contribution in [0.4, 0.5) is 0 Å². The van der Waals surface area contributed by atoms with Crippen LogP contribution in [0.1, 0.15) is 64.7 Å². The maximum absolute atomic E-state index is 9.71. The maximum atomic E-state index is 9.71. The zero-order chi connectivity index (χ0) is 10.7. The normalized spacial score (nSPS) is 41.2. The van der Waals surface area contributed by atoms with Crippen molar-refractivity contribution < 1.29 is 5.11 Å². The summed E-state index contributed by atoms with van der Waals surface area (Å²) in [6.45, 7) is 2.29. The van der Waals surface area contributed by atoms with Gasteiger partial charge in [0.15, 0.2) is 0 Å². The Labute approximate surface area is 94.3 Å². The Hall–Kier alpha value is -0.0400. The summed E-state index contributed by atoms with van der Waals surface area (Å²) in [4.78, 5) is 0. The van der Waals surface area contributed by atoms with Gasteiger partial charge in [0.05, 0.1) is 6.10 Å². The molecule has 88 valence electrons. The number of unbranched alkanes of at least 4 members (excludes halogenated alkanes) is 1. The van der Waals surface area contributed by atoms with Crippen molar-refractivity contribution in [3.8, 4) is 0 Å². The summed E-state index contributed by atoms with van der Waals surface area (Å²) < 4.78 is 0. The first-order valence-electron chi connectivity index (χ1n) is 6.97. The zero-order valence-corrected chi connectivity index (χ0v) is 10.1. The second kappa shape index (κ2) is 5.34. The van der Waals surface area contributed by atoms with Gasteiger partial charge in [-0.25, -0.2) is 0 Å². The number of fused-ring (bicyclic) bond motifs is 1. The van der Waals surface area contributed by atoms with E-state index in [1.807, 2.05) is 0 Å². The molecule has 0 aromatic carbocycles. The van der Waals surface area contributed by atoms with Gasteiger partial charge in [0.1, 0.15) is 0 Å². The third-order valence-electron chi connectivity index (χ3n) is 4.66. The molecule has 0 aliphatic heterocycles. The number of hydrogen-bond acceptors (Lipinski definition) is 1. The van der Waals surface area contributed by atoms with E-state index in [0.717, 1.165) is 30.6 Å². The minimum atomic E-state index is 0.0242. The predicted molar refractivity (Wildman–Crippen MR) is 63.7 cm³/mol. The van der Waals surface area contributed by atoms with E-state index in [1.54, 1.807) is 0 Å². The van der Waals surface area contributed by atoms with Crippen molar-refractivity contribution in [2.45, 2.75) is 70.8 Å². The third-order valence-corrected chi connectivity index (χ3v) is 4.66. The van der Waals surface area contributed by atoms with Crippen LogP contribution in [-0.4, -0.2) is 11.2 Å². The summed E-state index contributed by atoms with van der Waals surface area (Å²) in [6, 6.07) is 0. The second-order valence-corrected chi connectivity index (χ2v) is 5.81. The molecular formula is C14H26O. The molecular weight excluding hydrogens is 184 g/mol. The Bertz CT molecular complexity index is 190. The van der Waals surface area contributed by atoms with Crippen molar-refractivity contribution in [3.05, 3.63) is 0 Å². The summed E-state index contributed by atoms with van der Waals surface area (Å²) in [5.74, 6) is 2.81. The van der Waals surface area contributed by atoms with Gasteiger partial charge < -0.3 is 5.11 Å². The lowest BCUT2D eigenvalue weighted by Gasteiger charge is -2.41. The van der Waals surface area contributed by atoms with Crippen molar-refractivity contribution in [2.24, 2.45) is 17.8 Å². The molecule has 2 saturated carbocycles. The van der Waals surface area contributed by atoms with E-state index < -0.39 is 0 Å². The number of rotatable bonds is 3. The Morgan fingerprint density at radius 2 is 1.80 bits per heavy atom. The van der Waals surface area contributed by atoms with Crippen LogP contribution in [-0.2, 0) is 0 Å². The van der Waals surface area contributed by atoms with Gasteiger partial charge in [0, 0.05) is 0 Å². The van der Waals surface area contributed by atoms with Crippen molar-refractivity contribution >= 4 is 0 Å². The molecule has 4 unspecified atom stereocenters. The van der Waals surface area contributed by atoms with E-state index in [4.69, 9.17) is 0 Å². The molecule has 0 heterocycles. The van der Waals surface area contributed by atoms with E-state index in [2.05, 4.69) is 6.92 Å². The zero-order valence-electron chi connectivity index (χ0n) is 10.1. The molecule has 1 N–H and O–H groups in total. The Morgan fingerprint density at radius 3 is 2.60 bits per heavy atom. The molecule has 0 radical (unpaired) electrons. The highest BCUT2D eigenvalue weighted by molar-refractivity contribution is 4.85. The predicted octanol–water partition coefficient (Wildman–Crippen LogP) is 3.75.